The third-order valence-corrected chi connectivity index (χ3v) is 8.39. The highest BCUT2D eigenvalue weighted by Crippen LogP contribution is 2.39. The Balaban J connectivity index is 1.18. The van der Waals surface area contributed by atoms with E-state index in [0.29, 0.717) is 30.6 Å². The van der Waals surface area contributed by atoms with Crippen molar-refractivity contribution in [2.45, 2.75) is 50.7 Å². The Morgan fingerprint density at radius 1 is 1.26 bits per heavy atom. The van der Waals surface area contributed by atoms with Crippen molar-refractivity contribution < 1.29 is 9.53 Å². The number of carbonyl (C=O) groups excluding carboxylic acids is 1. The zero-order chi connectivity index (χ0) is 23.9. The van der Waals surface area contributed by atoms with E-state index in [-0.39, 0.29) is 5.91 Å². The number of ether oxygens (including phenoxy) is 1. The summed E-state index contributed by atoms with van der Waals surface area (Å²) in [5.41, 5.74) is 0.992. The van der Waals surface area contributed by atoms with Crippen LogP contribution in [0.15, 0.2) is 17.5 Å². The van der Waals surface area contributed by atoms with Gasteiger partial charge in [-0.25, -0.2) is 4.98 Å². The van der Waals surface area contributed by atoms with Gasteiger partial charge < -0.3 is 19.9 Å². The summed E-state index contributed by atoms with van der Waals surface area (Å²) in [7, 11) is 2.09. The zero-order valence-corrected chi connectivity index (χ0v) is 21.1. The first-order valence-corrected chi connectivity index (χ1v) is 13.3. The number of morpholine rings is 1. The van der Waals surface area contributed by atoms with Crippen molar-refractivity contribution in [3.05, 3.63) is 23.2 Å². The molecule has 0 aliphatic carbocycles. The van der Waals surface area contributed by atoms with E-state index in [0.717, 1.165) is 79.5 Å². The summed E-state index contributed by atoms with van der Waals surface area (Å²) in [5.74, 6) is 2.50. The number of amides is 1. The molecule has 3 aliphatic heterocycles. The zero-order valence-electron chi connectivity index (χ0n) is 20.2. The van der Waals surface area contributed by atoms with Crippen molar-refractivity contribution in [3.63, 3.8) is 0 Å². The predicted molar refractivity (Wildman–Crippen MR) is 136 cm³/mol. The molecule has 10 nitrogen and oxygen atoms in total. The van der Waals surface area contributed by atoms with Crippen molar-refractivity contribution in [1.82, 2.24) is 30.0 Å². The lowest BCUT2D eigenvalue weighted by Crippen LogP contribution is -2.55. The molecule has 2 N–H and O–H groups in total. The second-order valence-electron chi connectivity index (χ2n) is 9.88. The molecule has 0 radical (unpaired) electrons. The molecule has 2 bridgehead atoms. The van der Waals surface area contributed by atoms with Crippen molar-refractivity contribution in [3.8, 4) is 0 Å². The number of piperidine rings is 1. The quantitative estimate of drug-likeness (QED) is 0.537. The predicted octanol–water partition coefficient (Wildman–Crippen LogP) is 2.76. The van der Waals surface area contributed by atoms with Crippen LogP contribution in [0.1, 0.15) is 31.4 Å². The number of aryl methyl sites for hydroxylation is 1. The number of aromatic amines is 1. The second-order valence-corrected chi connectivity index (χ2v) is 10.8. The Morgan fingerprint density at radius 2 is 2.03 bits per heavy atom. The Bertz CT molecular complexity index is 1190. The molecule has 186 valence electrons. The van der Waals surface area contributed by atoms with E-state index in [2.05, 4.69) is 37.3 Å². The van der Waals surface area contributed by atoms with Gasteiger partial charge in [0, 0.05) is 50.0 Å². The molecule has 11 heteroatoms. The molecule has 3 fully saturated rings. The van der Waals surface area contributed by atoms with E-state index in [9.17, 15) is 4.79 Å². The van der Waals surface area contributed by atoms with Crippen LogP contribution in [0.5, 0.6) is 0 Å². The maximum absolute atomic E-state index is 13.2. The molecule has 0 aromatic carbocycles. The lowest BCUT2D eigenvalue weighted by atomic mass is 9.96. The Hall–Kier alpha value is -2.76. The molecule has 2 atom stereocenters. The Morgan fingerprint density at radius 3 is 2.74 bits per heavy atom. The van der Waals surface area contributed by atoms with E-state index < -0.39 is 0 Å². The summed E-state index contributed by atoms with van der Waals surface area (Å²) >= 11 is 1.62. The summed E-state index contributed by atoms with van der Waals surface area (Å²) in [4.78, 5) is 30.6. The second kappa shape index (κ2) is 9.36. The molecule has 3 saturated heterocycles. The molecular weight excluding hydrogens is 464 g/mol. The van der Waals surface area contributed by atoms with Gasteiger partial charge in [-0.15, -0.1) is 11.3 Å². The number of rotatable bonds is 6. The van der Waals surface area contributed by atoms with Gasteiger partial charge in [-0.3, -0.25) is 14.8 Å². The fourth-order valence-electron chi connectivity index (χ4n) is 5.77. The van der Waals surface area contributed by atoms with Gasteiger partial charge in [0.05, 0.1) is 25.1 Å². The third-order valence-electron chi connectivity index (χ3n) is 7.59. The number of anilines is 3. The fraction of sp³-hybridized carbons (Fsp3) is 0.583. The topological polar surface area (TPSA) is 103 Å². The lowest BCUT2D eigenvalue weighted by Gasteiger charge is -2.43. The SMILES string of the molecule is Cc1cc(Nc2nc(N(C)C3CC4CCC(C3)N4C(=O)CN3CCOCC3)nc3sccc23)n[nH]1. The standard InChI is InChI=1S/C24H32N8O2S/c1-15-11-20(29-28-15)25-22-19-5-10-35-23(19)27-24(26-22)30(2)18-12-16-3-4-17(13-18)32(16)21(33)14-31-6-8-34-9-7-31/h5,10-11,16-18H,3-4,6-9,12-14H2,1-2H3,(H2,25,26,27,28,29). The fourth-order valence-corrected chi connectivity index (χ4v) is 6.53. The van der Waals surface area contributed by atoms with Crippen LogP contribution < -0.4 is 10.2 Å². The smallest absolute Gasteiger partial charge is 0.237 e. The molecular formula is C24H32N8O2S. The van der Waals surface area contributed by atoms with Crippen LogP contribution >= 0.6 is 11.3 Å². The van der Waals surface area contributed by atoms with Gasteiger partial charge in [-0.2, -0.15) is 10.1 Å². The van der Waals surface area contributed by atoms with Crippen LogP contribution in [-0.2, 0) is 9.53 Å². The molecule has 6 heterocycles. The van der Waals surface area contributed by atoms with Gasteiger partial charge in [0.15, 0.2) is 5.82 Å². The van der Waals surface area contributed by atoms with Crippen LogP contribution in [0.2, 0.25) is 0 Å². The number of thiophene rings is 1. The number of fused-ring (bicyclic) bond motifs is 3. The summed E-state index contributed by atoms with van der Waals surface area (Å²) < 4.78 is 5.44. The minimum atomic E-state index is 0.276. The van der Waals surface area contributed by atoms with Gasteiger partial charge in [0.25, 0.3) is 0 Å². The lowest BCUT2D eigenvalue weighted by molar-refractivity contribution is -0.138. The van der Waals surface area contributed by atoms with Crippen LogP contribution in [0.4, 0.5) is 17.6 Å². The number of aromatic nitrogens is 4. The normalized spacial score (nSPS) is 24.7. The maximum atomic E-state index is 13.2. The van der Waals surface area contributed by atoms with Crippen molar-refractivity contribution in [2.24, 2.45) is 0 Å². The number of nitrogens with one attached hydrogen (secondary N) is 2. The summed E-state index contributed by atoms with van der Waals surface area (Å²) in [6.07, 6.45) is 4.07. The molecule has 35 heavy (non-hydrogen) atoms. The van der Waals surface area contributed by atoms with E-state index in [1.54, 1.807) is 11.3 Å². The van der Waals surface area contributed by atoms with Crippen LogP contribution in [0, 0.1) is 6.92 Å². The van der Waals surface area contributed by atoms with E-state index in [1.165, 1.54) is 0 Å². The van der Waals surface area contributed by atoms with Crippen molar-refractivity contribution in [1.29, 1.82) is 0 Å². The van der Waals surface area contributed by atoms with Crippen molar-refractivity contribution >= 4 is 45.0 Å². The average molecular weight is 497 g/mol. The first-order chi connectivity index (χ1) is 17.0. The molecule has 3 aromatic heterocycles. The molecule has 1 amide bonds. The largest absolute Gasteiger partial charge is 0.379 e. The van der Waals surface area contributed by atoms with Crippen LogP contribution in [-0.4, -0.2) is 93.9 Å². The van der Waals surface area contributed by atoms with E-state index in [4.69, 9.17) is 14.7 Å². The van der Waals surface area contributed by atoms with Gasteiger partial charge in [-0.05, 0) is 44.1 Å². The number of H-pyrrole nitrogens is 1. The van der Waals surface area contributed by atoms with Gasteiger partial charge >= 0.3 is 0 Å². The molecule has 3 aromatic rings. The molecule has 2 unspecified atom stereocenters. The van der Waals surface area contributed by atoms with Gasteiger partial charge in [0.1, 0.15) is 10.6 Å². The number of nitrogens with zero attached hydrogens (tertiary/aromatic N) is 6. The number of hydrogen-bond donors (Lipinski definition) is 2. The highest BCUT2D eigenvalue weighted by atomic mass is 32.1. The number of carbonyl (C=O) groups is 1. The van der Waals surface area contributed by atoms with Crippen molar-refractivity contribution in [2.75, 3.05) is 50.1 Å². The number of hydrogen-bond acceptors (Lipinski definition) is 9. The van der Waals surface area contributed by atoms with Gasteiger partial charge in [-0.1, -0.05) is 0 Å². The first-order valence-electron chi connectivity index (χ1n) is 12.4. The molecule has 0 saturated carbocycles. The highest BCUT2D eigenvalue weighted by Gasteiger charge is 2.44. The van der Waals surface area contributed by atoms with E-state index >= 15 is 0 Å². The first kappa shape index (κ1) is 22.7. The van der Waals surface area contributed by atoms with Crippen LogP contribution in [0.3, 0.4) is 0 Å². The molecule has 3 aliphatic rings. The summed E-state index contributed by atoms with van der Waals surface area (Å²) in [6, 6.07) is 4.91. The summed E-state index contributed by atoms with van der Waals surface area (Å²) in [6.45, 7) is 5.62. The van der Waals surface area contributed by atoms with Crippen LogP contribution in [0.25, 0.3) is 10.2 Å². The average Bonchev–Trinajstić information content (AvgIpc) is 3.56. The van der Waals surface area contributed by atoms with E-state index in [1.807, 2.05) is 24.4 Å². The minimum absolute atomic E-state index is 0.276. The highest BCUT2D eigenvalue weighted by molar-refractivity contribution is 7.16. The molecule has 0 spiro atoms. The minimum Gasteiger partial charge on any atom is -0.379 e. The molecule has 6 rings (SSSR count). The summed E-state index contributed by atoms with van der Waals surface area (Å²) in [5, 5.41) is 13.7. The maximum Gasteiger partial charge on any atom is 0.237 e. The Labute approximate surface area is 208 Å². The van der Waals surface area contributed by atoms with Gasteiger partial charge in [0.2, 0.25) is 11.9 Å². The monoisotopic (exact) mass is 496 g/mol. The third kappa shape index (κ3) is 4.48. The Kier molecular flexibility index (Phi) is 6.07.